The van der Waals surface area contributed by atoms with Gasteiger partial charge < -0.3 is 4.74 Å². The minimum absolute atomic E-state index is 0.102. The van der Waals surface area contributed by atoms with Crippen molar-refractivity contribution in [3.05, 3.63) is 97.5 Å². The molecule has 0 spiro atoms. The number of likely N-dealkylation sites (N-methyl/N-ethyl adjacent to an activating group) is 1. The number of hydrogen-bond donors (Lipinski definition) is 0. The average Bonchev–Trinajstić information content (AvgIpc) is 3.09. The van der Waals surface area contributed by atoms with E-state index in [9.17, 15) is 9.18 Å². The molecule has 0 saturated carbocycles. The number of thioether (sulfide) groups is 1. The molecular formula is C25H19Br2FN2O2S. The number of benzene rings is 3. The molecule has 1 aliphatic rings. The van der Waals surface area contributed by atoms with Crippen molar-refractivity contribution in [2.75, 3.05) is 6.54 Å². The maximum absolute atomic E-state index is 13.2. The number of halogens is 3. The van der Waals surface area contributed by atoms with Gasteiger partial charge in [-0.05, 0) is 100 Å². The van der Waals surface area contributed by atoms with Crippen molar-refractivity contribution in [3.8, 4) is 5.75 Å². The lowest BCUT2D eigenvalue weighted by Crippen LogP contribution is -2.28. The minimum atomic E-state index is -0.322. The Morgan fingerprint density at radius 3 is 2.45 bits per heavy atom. The Hall–Kier alpha value is -2.42. The first-order chi connectivity index (χ1) is 15.9. The molecule has 8 heteroatoms. The third-order valence-corrected chi connectivity index (χ3v) is 6.97. The zero-order valence-corrected chi connectivity index (χ0v) is 21.6. The molecule has 0 unspecified atom stereocenters. The SMILES string of the molecule is CCN1C(=O)/C(=C\c2ccc(OCc3ccc(Br)cc3)c(Br)c2)SC1=Nc1ccc(F)cc1. The second kappa shape index (κ2) is 10.7. The Labute approximate surface area is 212 Å². The molecule has 0 aromatic heterocycles. The molecule has 1 amide bonds. The van der Waals surface area contributed by atoms with E-state index in [1.54, 1.807) is 17.0 Å². The number of amidine groups is 1. The summed E-state index contributed by atoms with van der Waals surface area (Å²) < 4.78 is 20.9. The molecule has 0 bridgehead atoms. The van der Waals surface area contributed by atoms with E-state index >= 15 is 0 Å². The fourth-order valence-electron chi connectivity index (χ4n) is 3.11. The van der Waals surface area contributed by atoms with E-state index in [1.807, 2.05) is 55.5 Å². The lowest BCUT2D eigenvalue weighted by Gasteiger charge is -2.12. The van der Waals surface area contributed by atoms with Crippen molar-refractivity contribution < 1.29 is 13.9 Å². The summed E-state index contributed by atoms with van der Waals surface area (Å²) in [6.07, 6.45) is 1.84. The van der Waals surface area contributed by atoms with Gasteiger partial charge in [-0.25, -0.2) is 9.38 Å². The third kappa shape index (κ3) is 5.93. The molecule has 168 valence electrons. The third-order valence-electron chi connectivity index (χ3n) is 4.82. The summed E-state index contributed by atoms with van der Waals surface area (Å²) >= 11 is 8.30. The quantitative estimate of drug-likeness (QED) is 0.279. The fraction of sp³-hybridized carbons (Fsp3) is 0.120. The van der Waals surface area contributed by atoms with Gasteiger partial charge in [0.2, 0.25) is 0 Å². The summed E-state index contributed by atoms with van der Waals surface area (Å²) in [7, 11) is 0. The number of carbonyl (C=O) groups is 1. The van der Waals surface area contributed by atoms with Gasteiger partial charge in [0.25, 0.3) is 5.91 Å². The van der Waals surface area contributed by atoms with Gasteiger partial charge in [-0.1, -0.05) is 34.1 Å². The molecule has 33 heavy (non-hydrogen) atoms. The van der Waals surface area contributed by atoms with E-state index in [4.69, 9.17) is 4.74 Å². The van der Waals surface area contributed by atoms with Gasteiger partial charge in [-0.15, -0.1) is 0 Å². The minimum Gasteiger partial charge on any atom is -0.488 e. The summed E-state index contributed by atoms with van der Waals surface area (Å²) in [5.41, 5.74) is 2.53. The van der Waals surface area contributed by atoms with E-state index in [0.717, 1.165) is 25.8 Å². The molecule has 0 aliphatic carbocycles. The van der Waals surface area contributed by atoms with Crippen LogP contribution in [0.15, 0.2) is 85.6 Å². The van der Waals surface area contributed by atoms with Crippen molar-refractivity contribution in [3.63, 3.8) is 0 Å². The summed E-state index contributed by atoms with van der Waals surface area (Å²) in [4.78, 5) is 19.6. The first kappa shape index (κ1) is 23.7. The number of aliphatic imine (C=N–C) groups is 1. The van der Waals surface area contributed by atoms with E-state index in [2.05, 4.69) is 36.9 Å². The van der Waals surface area contributed by atoms with Gasteiger partial charge in [0, 0.05) is 11.0 Å². The summed E-state index contributed by atoms with van der Waals surface area (Å²) in [5, 5.41) is 0.578. The van der Waals surface area contributed by atoms with Crippen LogP contribution in [0.2, 0.25) is 0 Å². The predicted molar refractivity (Wildman–Crippen MR) is 139 cm³/mol. The number of amides is 1. The molecule has 4 rings (SSSR count). The highest BCUT2D eigenvalue weighted by atomic mass is 79.9. The number of nitrogens with zero attached hydrogens (tertiary/aromatic N) is 2. The van der Waals surface area contributed by atoms with Crippen molar-refractivity contribution in [2.24, 2.45) is 4.99 Å². The predicted octanol–water partition coefficient (Wildman–Crippen LogP) is 7.55. The topological polar surface area (TPSA) is 41.9 Å². The van der Waals surface area contributed by atoms with E-state index in [-0.39, 0.29) is 11.7 Å². The number of rotatable bonds is 6. The van der Waals surface area contributed by atoms with Gasteiger partial charge in [-0.3, -0.25) is 9.69 Å². The van der Waals surface area contributed by atoms with Crippen molar-refractivity contribution in [2.45, 2.75) is 13.5 Å². The van der Waals surface area contributed by atoms with Crippen LogP contribution in [0, 0.1) is 5.82 Å². The number of carbonyl (C=O) groups excluding carboxylic acids is 1. The summed E-state index contributed by atoms with van der Waals surface area (Å²) in [5.74, 6) is 0.297. The highest BCUT2D eigenvalue weighted by molar-refractivity contribution is 9.10. The van der Waals surface area contributed by atoms with Crippen LogP contribution in [0.1, 0.15) is 18.1 Å². The Bertz CT molecular complexity index is 1230. The highest BCUT2D eigenvalue weighted by Crippen LogP contribution is 2.35. The normalized spacial score (nSPS) is 16.1. The van der Waals surface area contributed by atoms with Gasteiger partial charge in [0.15, 0.2) is 5.17 Å². The van der Waals surface area contributed by atoms with Crippen LogP contribution in [0.5, 0.6) is 5.75 Å². The lowest BCUT2D eigenvalue weighted by molar-refractivity contribution is -0.122. The van der Waals surface area contributed by atoms with Gasteiger partial charge >= 0.3 is 0 Å². The smallest absolute Gasteiger partial charge is 0.266 e. The number of ether oxygens (including phenoxy) is 1. The standard InChI is InChI=1S/C25H19Br2FN2O2S/c1-2-30-24(31)23(33-25(30)29-20-10-8-19(28)9-11-20)14-17-5-12-22(21(27)13-17)32-15-16-3-6-18(26)7-4-16/h3-14H,2,15H2,1H3/b23-14+,29-25?. The van der Waals surface area contributed by atoms with Gasteiger partial charge in [-0.2, -0.15) is 0 Å². The Balaban J connectivity index is 1.50. The molecule has 3 aromatic rings. The molecule has 0 atom stereocenters. The van der Waals surface area contributed by atoms with Crippen LogP contribution in [0.25, 0.3) is 6.08 Å². The van der Waals surface area contributed by atoms with Crippen LogP contribution in [0.4, 0.5) is 10.1 Å². The van der Waals surface area contributed by atoms with Crippen LogP contribution < -0.4 is 4.74 Å². The first-order valence-electron chi connectivity index (χ1n) is 10.2. The van der Waals surface area contributed by atoms with Crippen LogP contribution in [-0.4, -0.2) is 22.5 Å². The summed E-state index contributed by atoms with van der Waals surface area (Å²) in [6, 6.07) is 19.6. The largest absolute Gasteiger partial charge is 0.488 e. The highest BCUT2D eigenvalue weighted by Gasteiger charge is 2.32. The fourth-order valence-corrected chi connectivity index (χ4v) is 4.95. The maximum atomic E-state index is 13.2. The first-order valence-corrected chi connectivity index (χ1v) is 12.6. The maximum Gasteiger partial charge on any atom is 0.266 e. The van der Waals surface area contributed by atoms with Gasteiger partial charge in [0.05, 0.1) is 15.1 Å². The van der Waals surface area contributed by atoms with Crippen LogP contribution in [0.3, 0.4) is 0 Å². The zero-order chi connectivity index (χ0) is 23.4. The van der Waals surface area contributed by atoms with Crippen LogP contribution in [-0.2, 0) is 11.4 Å². The van der Waals surface area contributed by atoms with E-state index in [0.29, 0.717) is 28.9 Å². The van der Waals surface area contributed by atoms with E-state index < -0.39 is 0 Å². The molecule has 0 N–H and O–H groups in total. The van der Waals surface area contributed by atoms with Gasteiger partial charge in [0.1, 0.15) is 18.2 Å². The monoisotopic (exact) mass is 588 g/mol. The molecule has 4 nitrogen and oxygen atoms in total. The van der Waals surface area contributed by atoms with Crippen molar-refractivity contribution >= 4 is 66.5 Å². The summed E-state index contributed by atoms with van der Waals surface area (Å²) in [6.45, 7) is 2.85. The Kier molecular flexibility index (Phi) is 7.67. The average molecular weight is 590 g/mol. The molecule has 3 aromatic carbocycles. The molecular weight excluding hydrogens is 571 g/mol. The lowest BCUT2D eigenvalue weighted by atomic mass is 10.2. The number of hydrogen-bond acceptors (Lipinski definition) is 4. The molecule has 1 aliphatic heterocycles. The molecule has 0 radical (unpaired) electrons. The van der Waals surface area contributed by atoms with Crippen molar-refractivity contribution in [1.29, 1.82) is 0 Å². The Morgan fingerprint density at radius 1 is 1.06 bits per heavy atom. The Morgan fingerprint density at radius 2 is 1.79 bits per heavy atom. The second-order valence-electron chi connectivity index (χ2n) is 7.14. The second-order valence-corrected chi connectivity index (χ2v) is 9.91. The van der Waals surface area contributed by atoms with Crippen LogP contribution >= 0.6 is 43.6 Å². The van der Waals surface area contributed by atoms with E-state index in [1.165, 1.54) is 23.9 Å². The molecule has 1 saturated heterocycles. The molecule has 1 fully saturated rings. The molecule has 1 heterocycles. The van der Waals surface area contributed by atoms with Crippen molar-refractivity contribution in [1.82, 2.24) is 4.90 Å². The zero-order valence-electron chi connectivity index (χ0n) is 17.6.